The van der Waals surface area contributed by atoms with Crippen LogP contribution in [0, 0.1) is 0 Å². The highest BCUT2D eigenvalue weighted by atomic mass is 16.5. The van der Waals surface area contributed by atoms with Gasteiger partial charge in [0.2, 0.25) is 0 Å². The molecule has 3 rings (SSSR count). The molecule has 0 radical (unpaired) electrons. The van der Waals surface area contributed by atoms with E-state index in [2.05, 4.69) is 19.1 Å². The molecule has 3 aromatic carbocycles. The second kappa shape index (κ2) is 11.8. The quantitative estimate of drug-likeness (QED) is 0.196. The summed E-state index contributed by atoms with van der Waals surface area (Å²) >= 11 is 0. The Labute approximate surface area is 200 Å². The van der Waals surface area contributed by atoms with E-state index in [1.165, 1.54) is 5.57 Å². The number of hydrogen-bond donors (Lipinski definition) is 1. The number of benzene rings is 3. The van der Waals surface area contributed by atoms with Crippen LogP contribution in [0.15, 0.2) is 84.9 Å². The summed E-state index contributed by atoms with van der Waals surface area (Å²) in [4.78, 5) is 24.6. The van der Waals surface area contributed by atoms with Gasteiger partial charge in [-0.25, -0.2) is 4.79 Å². The SMILES string of the molecule is CC/C(=C(\c1ccc(/C=C/C(=O)O)cc1)c1ccc(OC(=O)CN(C)C)cc1)c1ccccc1. The van der Waals surface area contributed by atoms with E-state index in [4.69, 9.17) is 9.84 Å². The molecule has 0 aliphatic heterocycles. The molecule has 0 aliphatic carbocycles. The van der Waals surface area contributed by atoms with Gasteiger partial charge in [-0.1, -0.05) is 73.7 Å². The van der Waals surface area contributed by atoms with Crippen LogP contribution in [0.3, 0.4) is 0 Å². The van der Waals surface area contributed by atoms with Gasteiger partial charge in [-0.05, 0) is 72.1 Å². The maximum atomic E-state index is 12.0. The zero-order valence-electron chi connectivity index (χ0n) is 19.7. The normalized spacial score (nSPS) is 12.0. The van der Waals surface area contributed by atoms with E-state index in [-0.39, 0.29) is 12.5 Å². The van der Waals surface area contributed by atoms with Gasteiger partial charge < -0.3 is 9.84 Å². The van der Waals surface area contributed by atoms with Crippen molar-refractivity contribution in [2.75, 3.05) is 20.6 Å². The van der Waals surface area contributed by atoms with Crippen molar-refractivity contribution in [1.29, 1.82) is 0 Å². The monoisotopic (exact) mass is 455 g/mol. The highest BCUT2D eigenvalue weighted by molar-refractivity contribution is 5.98. The Morgan fingerprint density at radius 1 is 0.853 bits per heavy atom. The van der Waals surface area contributed by atoms with Gasteiger partial charge in [0, 0.05) is 6.08 Å². The average molecular weight is 456 g/mol. The molecule has 0 unspecified atom stereocenters. The molecule has 0 spiro atoms. The van der Waals surface area contributed by atoms with E-state index < -0.39 is 5.97 Å². The summed E-state index contributed by atoms with van der Waals surface area (Å²) in [5.74, 6) is -0.785. The van der Waals surface area contributed by atoms with Crippen molar-refractivity contribution < 1.29 is 19.4 Å². The van der Waals surface area contributed by atoms with Crippen LogP contribution in [0.2, 0.25) is 0 Å². The van der Waals surface area contributed by atoms with Gasteiger partial charge in [0.05, 0.1) is 6.54 Å². The van der Waals surface area contributed by atoms with Crippen LogP contribution in [0.4, 0.5) is 0 Å². The summed E-state index contributed by atoms with van der Waals surface area (Å²) in [5.41, 5.74) is 6.23. The Morgan fingerprint density at radius 3 is 1.97 bits per heavy atom. The zero-order valence-corrected chi connectivity index (χ0v) is 19.7. The number of esters is 1. The molecule has 1 N–H and O–H groups in total. The van der Waals surface area contributed by atoms with E-state index in [0.717, 1.165) is 40.3 Å². The van der Waals surface area contributed by atoms with Crippen molar-refractivity contribution in [3.05, 3.63) is 107 Å². The first-order valence-corrected chi connectivity index (χ1v) is 11.1. The van der Waals surface area contributed by atoms with Crippen LogP contribution in [-0.4, -0.2) is 42.6 Å². The van der Waals surface area contributed by atoms with Crippen LogP contribution in [0.1, 0.15) is 35.6 Å². The van der Waals surface area contributed by atoms with E-state index >= 15 is 0 Å². The van der Waals surface area contributed by atoms with Gasteiger partial charge in [0.1, 0.15) is 5.75 Å². The minimum Gasteiger partial charge on any atom is -0.478 e. The molecule has 0 fully saturated rings. The summed E-state index contributed by atoms with van der Waals surface area (Å²) in [7, 11) is 3.64. The molecule has 0 aromatic heterocycles. The van der Waals surface area contributed by atoms with Gasteiger partial charge in [-0.15, -0.1) is 0 Å². The molecule has 174 valence electrons. The topological polar surface area (TPSA) is 66.8 Å². The number of aliphatic carboxylic acids is 1. The summed E-state index contributed by atoms with van der Waals surface area (Å²) in [6, 6.07) is 25.6. The Kier molecular flexibility index (Phi) is 8.54. The van der Waals surface area contributed by atoms with Crippen molar-refractivity contribution >= 4 is 29.2 Å². The van der Waals surface area contributed by atoms with Crippen LogP contribution in [0.25, 0.3) is 17.2 Å². The highest BCUT2D eigenvalue weighted by Crippen LogP contribution is 2.35. The van der Waals surface area contributed by atoms with Gasteiger partial charge >= 0.3 is 11.9 Å². The van der Waals surface area contributed by atoms with E-state index in [0.29, 0.717) is 5.75 Å². The van der Waals surface area contributed by atoms with Gasteiger partial charge in [-0.2, -0.15) is 0 Å². The molecule has 0 aliphatic rings. The highest BCUT2D eigenvalue weighted by Gasteiger charge is 2.14. The Bertz CT molecular complexity index is 1180. The fraction of sp³-hybridized carbons (Fsp3) is 0.172. The molecule has 34 heavy (non-hydrogen) atoms. The van der Waals surface area contributed by atoms with Crippen LogP contribution < -0.4 is 4.74 Å². The molecule has 0 bridgehead atoms. The second-order valence-corrected chi connectivity index (χ2v) is 8.10. The number of carbonyl (C=O) groups excluding carboxylic acids is 1. The first-order chi connectivity index (χ1) is 16.4. The summed E-state index contributed by atoms with van der Waals surface area (Å²) in [6.07, 6.45) is 3.52. The minimum absolute atomic E-state index is 0.212. The number of rotatable bonds is 9. The van der Waals surface area contributed by atoms with Crippen molar-refractivity contribution in [2.24, 2.45) is 0 Å². The molecule has 0 heterocycles. The second-order valence-electron chi connectivity index (χ2n) is 8.10. The van der Waals surface area contributed by atoms with Crippen molar-refractivity contribution in [3.8, 4) is 5.75 Å². The largest absolute Gasteiger partial charge is 0.478 e. The molecule has 3 aromatic rings. The van der Waals surface area contributed by atoms with E-state index in [1.54, 1.807) is 11.0 Å². The lowest BCUT2D eigenvalue weighted by atomic mass is 9.88. The Balaban J connectivity index is 2.03. The molecule has 5 heteroatoms. The van der Waals surface area contributed by atoms with Crippen LogP contribution in [-0.2, 0) is 9.59 Å². The Hall–Kier alpha value is -3.96. The minimum atomic E-state index is -0.978. The average Bonchev–Trinajstić information content (AvgIpc) is 2.82. The van der Waals surface area contributed by atoms with Gasteiger partial charge in [0.15, 0.2) is 0 Å². The van der Waals surface area contributed by atoms with Crippen LogP contribution >= 0.6 is 0 Å². The van der Waals surface area contributed by atoms with Crippen molar-refractivity contribution in [1.82, 2.24) is 4.90 Å². The molecule has 5 nitrogen and oxygen atoms in total. The third-order valence-electron chi connectivity index (χ3n) is 5.22. The van der Waals surface area contributed by atoms with Gasteiger partial charge in [-0.3, -0.25) is 9.69 Å². The number of nitrogens with zero attached hydrogens (tertiary/aromatic N) is 1. The summed E-state index contributed by atoms with van der Waals surface area (Å²) < 4.78 is 5.45. The lowest BCUT2D eigenvalue weighted by molar-refractivity contribution is -0.135. The summed E-state index contributed by atoms with van der Waals surface area (Å²) in [5, 5.41) is 8.89. The standard InChI is InChI=1S/C29H29NO4/c1-4-26(22-8-6-5-7-9-22)29(23-13-10-21(11-14-23)12-19-27(31)32)24-15-17-25(18-16-24)34-28(33)20-30(2)3/h5-19H,4,20H2,1-3H3,(H,31,32)/b19-12+,29-26-. The molecular formula is C29H29NO4. The van der Waals surface area contributed by atoms with Crippen molar-refractivity contribution in [2.45, 2.75) is 13.3 Å². The predicted octanol–water partition coefficient (Wildman–Crippen LogP) is 5.62. The summed E-state index contributed by atoms with van der Waals surface area (Å²) in [6.45, 7) is 2.34. The number of carboxylic acids is 1. The first kappa shape index (κ1) is 24.7. The van der Waals surface area contributed by atoms with E-state index in [9.17, 15) is 9.59 Å². The zero-order chi connectivity index (χ0) is 24.5. The van der Waals surface area contributed by atoms with Gasteiger partial charge in [0.25, 0.3) is 0 Å². The molecule has 0 saturated heterocycles. The fourth-order valence-electron chi connectivity index (χ4n) is 3.72. The molecule has 0 amide bonds. The number of likely N-dealkylation sites (N-methyl/N-ethyl adjacent to an activating group) is 1. The third kappa shape index (κ3) is 6.77. The predicted molar refractivity (Wildman–Crippen MR) is 136 cm³/mol. The molecule has 0 saturated carbocycles. The van der Waals surface area contributed by atoms with Crippen LogP contribution in [0.5, 0.6) is 5.75 Å². The lowest BCUT2D eigenvalue weighted by Crippen LogP contribution is -2.25. The first-order valence-electron chi connectivity index (χ1n) is 11.1. The smallest absolute Gasteiger partial charge is 0.328 e. The van der Waals surface area contributed by atoms with Crippen molar-refractivity contribution in [3.63, 3.8) is 0 Å². The maximum Gasteiger partial charge on any atom is 0.328 e. The fourth-order valence-corrected chi connectivity index (χ4v) is 3.72. The number of ether oxygens (including phenoxy) is 1. The Morgan fingerprint density at radius 2 is 1.44 bits per heavy atom. The number of carboxylic acid groups (broad SMARTS) is 1. The number of allylic oxidation sites excluding steroid dienone is 1. The third-order valence-corrected chi connectivity index (χ3v) is 5.22. The molecular weight excluding hydrogens is 426 g/mol. The number of carbonyl (C=O) groups is 2. The van der Waals surface area contributed by atoms with E-state index in [1.807, 2.05) is 80.8 Å². The number of hydrogen-bond acceptors (Lipinski definition) is 4. The molecule has 0 atom stereocenters. The maximum absolute atomic E-state index is 12.0. The lowest BCUT2D eigenvalue weighted by Gasteiger charge is -2.17.